The minimum atomic E-state index is 0.764. The van der Waals surface area contributed by atoms with Crippen molar-refractivity contribution in [1.29, 1.82) is 0 Å². The van der Waals surface area contributed by atoms with Crippen molar-refractivity contribution >= 4 is 0 Å². The van der Waals surface area contributed by atoms with Crippen LogP contribution in [0.15, 0.2) is 0 Å². The number of nitrogens with zero attached hydrogens (tertiary/aromatic N) is 3. The molecule has 0 saturated carbocycles. The average Bonchev–Trinajstić information content (AvgIpc) is 2.48. The van der Waals surface area contributed by atoms with Gasteiger partial charge in [-0.3, -0.25) is 4.68 Å². The molecular weight excluding hydrogens is 176 g/mol. The number of nitrogens with two attached hydrogens (primary N) is 1. The Labute approximate surface area is 85.5 Å². The van der Waals surface area contributed by atoms with Gasteiger partial charge in [0.05, 0.1) is 0 Å². The van der Waals surface area contributed by atoms with Gasteiger partial charge in [0.1, 0.15) is 5.82 Å². The molecule has 0 aliphatic heterocycles. The van der Waals surface area contributed by atoms with E-state index < -0.39 is 0 Å². The number of rotatable bonds is 6. The molecule has 0 aliphatic carbocycles. The van der Waals surface area contributed by atoms with Crippen LogP contribution in [0.4, 0.5) is 0 Å². The van der Waals surface area contributed by atoms with Crippen LogP contribution in [-0.2, 0) is 19.9 Å². The maximum absolute atomic E-state index is 5.44. The van der Waals surface area contributed by atoms with Gasteiger partial charge in [0.25, 0.3) is 0 Å². The van der Waals surface area contributed by atoms with Crippen molar-refractivity contribution in [2.75, 3.05) is 6.54 Å². The van der Waals surface area contributed by atoms with Crippen LogP contribution in [0.3, 0.4) is 0 Å². The monoisotopic (exact) mass is 196 g/mol. The van der Waals surface area contributed by atoms with Crippen molar-refractivity contribution in [3.63, 3.8) is 0 Å². The lowest BCUT2D eigenvalue weighted by molar-refractivity contribution is 0.650. The van der Waals surface area contributed by atoms with E-state index in [1.807, 2.05) is 11.7 Å². The molecule has 0 spiro atoms. The quantitative estimate of drug-likeness (QED) is 0.692. The predicted molar refractivity (Wildman–Crippen MR) is 57.0 cm³/mol. The fourth-order valence-corrected chi connectivity index (χ4v) is 1.45. The molecule has 14 heavy (non-hydrogen) atoms. The van der Waals surface area contributed by atoms with E-state index in [1.165, 1.54) is 0 Å². The molecule has 0 aliphatic rings. The Morgan fingerprint density at radius 3 is 2.71 bits per heavy atom. The van der Waals surface area contributed by atoms with Crippen molar-refractivity contribution in [3.05, 3.63) is 11.6 Å². The minimum Gasteiger partial charge on any atom is -0.330 e. The first-order chi connectivity index (χ1) is 6.77. The van der Waals surface area contributed by atoms with E-state index in [0.29, 0.717) is 0 Å². The van der Waals surface area contributed by atoms with Crippen LogP contribution in [0.2, 0.25) is 0 Å². The zero-order valence-electron chi connectivity index (χ0n) is 9.16. The Balaban J connectivity index is 2.49. The molecule has 4 heteroatoms. The molecule has 0 radical (unpaired) electrons. The summed E-state index contributed by atoms with van der Waals surface area (Å²) >= 11 is 0. The number of hydrogen-bond donors (Lipinski definition) is 1. The summed E-state index contributed by atoms with van der Waals surface area (Å²) < 4.78 is 1.89. The fraction of sp³-hybridized carbons (Fsp3) is 0.800. The van der Waals surface area contributed by atoms with Crippen molar-refractivity contribution in [2.45, 2.75) is 39.0 Å². The van der Waals surface area contributed by atoms with E-state index in [1.54, 1.807) is 0 Å². The Kier molecular flexibility index (Phi) is 4.59. The van der Waals surface area contributed by atoms with E-state index in [2.05, 4.69) is 17.0 Å². The van der Waals surface area contributed by atoms with Gasteiger partial charge in [0, 0.05) is 19.9 Å². The first kappa shape index (κ1) is 11.2. The number of hydrogen-bond acceptors (Lipinski definition) is 3. The largest absolute Gasteiger partial charge is 0.330 e. The molecular formula is C10H20N4. The highest BCUT2D eigenvalue weighted by Crippen LogP contribution is 2.03. The smallest absolute Gasteiger partial charge is 0.150 e. The Morgan fingerprint density at radius 1 is 1.29 bits per heavy atom. The topological polar surface area (TPSA) is 56.7 Å². The minimum absolute atomic E-state index is 0.764. The Morgan fingerprint density at radius 2 is 2.07 bits per heavy atom. The zero-order valence-corrected chi connectivity index (χ0v) is 9.16. The Hall–Kier alpha value is -0.900. The third kappa shape index (κ3) is 3.10. The normalized spacial score (nSPS) is 10.8. The van der Waals surface area contributed by atoms with Crippen molar-refractivity contribution in [1.82, 2.24) is 14.8 Å². The van der Waals surface area contributed by atoms with Crippen molar-refractivity contribution in [2.24, 2.45) is 12.8 Å². The van der Waals surface area contributed by atoms with Crippen LogP contribution >= 0.6 is 0 Å². The summed E-state index contributed by atoms with van der Waals surface area (Å²) in [5.41, 5.74) is 5.44. The van der Waals surface area contributed by atoms with Crippen LogP contribution in [0.5, 0.6) is 0 Å². The number of unbranched alkanes of at least 4 members (excludes halogenated alkanes) is 1. The van der Waals surface area contributed by atoms with Crippen molar-refractivity contribution < 1.29 is 0 Å². The second-order valence-corrected chi connectivity index (χ2v) is 3.56. The lowest BCUT2D eigenvalue weighted by atomic mass is 10.2. The standard InChI is InChI=1S/C10H20N4/c1-3-6-9-12-10(14(2)13-9)7-4-5-8-11/h3-8,11H2,1-2H3. The lowest BCUT2D eigenvalue weighted by Crippen LogP contribution is -2.03. The summed E-state index contributed by atoms with van der Waals surface area (Å²) in [5, 5.41) is 4.35. The zero-order chi connectivity index (χ0) is 10.4. The number of aryl methyl sites for hydroxylation is 3. The van der Waals surface area contributed by atoms with Crippen LogP contribution < -0.4 is 5.73 Å². The maximum atomic E-state index is 5.44. The Bertz CT molecular complexity index is 267. The third-order valence-corrected chi connectivity index (χ3v) is 2.23. The molecule has 0 unspecified atom stereocenters. The van der Waals surface area contributed by atoms with E-state index >= 15 is 0 Å². The van der Waals surface area contributed by atoms with Gasteiger partial charge in [-0.1, -0.05) is 6.92 Å². The van der Waals surface area contributed by atoms with E-state index in [9.17, 15) is 0 Å². The molecule has 0 fully saturated rings. The molecule has 1 aromatic rings. The molecule has 80 valence electrons. The summed E-state index contributed by atoms with van der Waals surface area (Å²) in [6, 6.07) is 0. The van der Waals surface area contributed by atoms with E-state index in [0.717, 1.165) is 50.3 Å². The molecule has 1 aromatic heterocycles. The lowest BCUT2D eigenvalue weighted by Gasteiger charge is -1.97. The molecule has 0 aromatic carbocycles. The summed E-state index contributed by atoms with van der Waals surface area (Å²) in [6.45, 7) is 2.91. The second-order valence-electron chi connectivity index (χ2n) is 3.56. The fourth-order valence-electron chi connectivity index (χ4n) is 1.45. The molecule has 0 atom stereocenters. The molecule has 2 N–H and O–H groups in total. The summed E-state index contributed by atoms with van der Waals surface area (Å²) in [4.78, 5) is 4.48. The third-order valence-electron chi connectivity index (χ3n) is 2.23. The predicted octanol–water partition coefficient (Wildman–Crippen LogP) is 1.05. The highest BCUT2D eigenvalue weighted by molar-refractivity contribution is 4.92. The first-order valence-corrected chi connectivity index (χ1v) is 5.36. The van der Waals surface area contributed by atoms with Gasteiger partial charge in [0.2, 0.25) is 0 Å². The molecule has 0 amide bonds. The summed E-state index contributed by atoms with van der Waals surface area (Å²) in [6.07, 6.45) is 5.24. The first-order valence-electron chi connectivity index (χ1n) is 5.36. The van der Waals surface area contributed by atoms with Crippen LogP contribution in [-0.4, -0.2) is 21.3 Å². The van der Waals surface area contributed by atoms with Gasteiger partial charge in [-0.15, -0.1) is 0 Å². The highest BCUT2D eigenvalue weighted by atomic mass is 15.3. The van der Waals surface area contributed by atoms with E-state index in [-0.39, 0.29) is 0 Å². The van der Waals surface area contributed by atoms with Crippen LogP contribution in [0, 0.1) is 0 Å². The van der Waals surface area contributed by atoms with Gasteiger partial charge < -0.3 is 5.73 Å². The average molecular weight is 196 g/mol. The summed E-state index contributed by atoms with van der Waals surface area (Å²) in [5.74, 6) is 2.06. The van der Waals surface area contributed by atoms with Crippen LogP contribution in [0.1, 0.15) is 37.8 Å². The van der Waals surface area contributed by atoms with Crippen LogP contribution in [0.25, 0.3) is 0 Å². The molecule has 0 saturated heterocycles. The van der Waals surface area contributed by atoms with E-state index in [4.69, 9.17) is 5.73 Å². The molecule has 0 bridgehead atoms. The van der Waals surface area contributed by atoms with Gasteiger partial charge in [-0.2, -0.15) is 5.10 Å². The summed E-state index contributed by atoms with van der Waals surface area (Å²) in [7, 11) is 1.96. The second kappa shape index (κ2) is 5.75. The molecule has 4 nitrogen and oxygen atoms in total. The van der Waals surface area contributed by atoms with Gasteiger partial charge in [0.15, 0.2) is 5.82 Å². The van der Waals surface area contributed by atoms with Gasteiger partial charge >= 0.3 is 0 Å². The maximum Gasteiger partial charge on any atom is 0.150 e. The highest BCUT2D eigenvalue weighted by Gasteiger charge is 2.05. The number of aromatic nitrogens is 3. The SMILES string of the molecule is CCCc1nc(CCCCN)n(C)n1. The van der Waals surface area contributed by atoms with Gasteiger partial charge in [-0.25, -0.2) is 4.98 Å². The van der Waals surface area contributed by atoms with Crippen molar-refractivity contribution in [3.8, 4) is 0 Å². The van der Waals surface area contributed by atoms with Gasteiger partial charge in [-0.05, 0) is 25.8 Å². The molecule has 1 rings (SSSR count). The molecule has 1 heterocycles.